The standard InChI is InChI=1S/C20H24BrNO2/c1-2-3-4-8-15-22(19-13-11-18(21)12-14-19)20(23)24-16-17-9-6-5-7-10-17/h5-7,9-14H,2-4,8,15-16H2,1H3. The monoisotopic (exact) mass is 389 g/mol. The van der Waals surface area contributed by atoms with Crippen LogP contribution in [0.2, 0.25) is 0 Å². The van der Waals surface area contributed by atoms with E-state index in [1.54, 1.807) is 4.90 Å². The van der Waals surface area contributed by atoms with Crippen LogP contribution in [0.5, 0.6) is 0 Å². The van der Waals surface area contributed by atoms with Gasteiger partial charge in [0.1, 0.15) is 6.61 Å². The van der Waals surface area contributed by atoms with E-state index < -0.39 is 0 Å². The fraction of sp³-hybridized carbons (Fsp3) is 0.350. The Hall–Kier alpha value is -1.81. The van der Waals surface area contributed by atoms with Crippen molar-refractivity contribution < 1.29 is 9.53 Å². The lowest BCUT2D eigenvalue weighted by molar-refractivity contribution is 0.147. The van der Waals surface area contributed by atoms with Crippen LogP contribution in [-0.2, 0) is 11.3 Å². The maximum atomic E-state index is 12.6. The van der Waals surface area contributed by atoms with Gasteiger partial charge in [-0.25, -0.2) is 4.79 Å². The fourth-order valence-electron chi connectivity index (χ4n) is 2.44. The van der Waals surface area contributed by atoms with Gasteiger partial charge in [-0.2, -0.15) is 0 Å². The van der Waals surface area contributed by atoms with Gasteiger partial charge in [-0.05, 0) is 36.2 Å². The van der Waals surface area contributed by atoms with Gasteiger partial charge in [0.15, 0.2) is 0 Å². The van der Waals surface area contributed by atoms with Crippen LogP contribution in [-0.4, -0.2) is 12.6 Å². The third-order valence-electron chi connectivity index (χ3n) is 3.80. The Morgan fingerprint density at radius 3 is 2.38 bits per heavy atom. The van der Waals surface area contributed by atoms with Gasteiger partial charge in [0.25, 0.3) is 0 Å². The van der Waals surface area contributed by atoms with Gasteiger partial charge >= 0.3 is 6.09 Å². The lowest BCUT2D eigenvalue weighted by Gasteiger charge is -2.22. The third-order valence-corrected chi connectivity index (χ3v) is 4.33. The third kappa shape index (κ3) is 6.00. The van der Waals surface area contributed by atoms with E-state index in [1.165, 1.54) is 12.8 Å². The van der Waals surface area contributed by atoms with Crippen molar-refractivity contribution >= 4 is 27.7 Å². The summed E-state index contributed by atoms with van der Waals surface area (Å²) in [4.78, 5) is 14.3. The topological polar surface area (TPSA) is 29.5 Å². The zero-order valence-electron chi connectivity index (χ0n) is 14.1. The van der Waals surface area contributed by atoms with Gasteiger partial charge in [0.2, 0.25) is 0 Å². The fourth-order valence-corrected chi connectivity index (χ4v) is 2.71. The first kappa shape index (κ1) is 18.5. The van der Waals surface area contributed by atoms with Crippen molar-refractivity contribution in [2.24, 2.45) is 0 Å². The van der Waals surface area contributed by atoms with E-state index in [2.05, 4.69) is 22.9 Å². The minimum absolute atomic E-state index is 0.293. The van der Waals surface area contributed by atoms with Gasteiger partial charge in [-0.3, -0.25) is 4.90 Å². The number of unbranched alkanes of at least 4 members (excludes halogenated alkanes) is 3. The molecule has 0 aliphatic carbocycles. The average molecular weight is 390 g/mol. The molecule has 0 spiro atoms. The summed E-state index contributed by atoms with van der Waals surface area (Å²) >= 11 is 3.43. The maximum Gasteiger partial charge on any atom is 0.414 e. The lowest BCUT2D eigenvalue weighted by Crippen LogP contribution is -2.32. The maximum absolute atomic E-state index is 12.6. The number of anilines is 1. The minimum Gasteiger partial charge on any atom is -0.444 e. The second-order valence-electron chi connectivity index (χ2n) is 5.73. The number of ether oxygens (including phenoxy) is 1. The summed E-state index contributed by atoms with van der Waals surface area (Å²) in [7, 11) is 0. The van der Waals surface area contributed by atoms with E-state index >= 15 is 0 Å². The van der Waals surface area contributed by atoms with Crippen LogP contribution in [0.25, 0.3) is 0 Å². The highest BCUT2D eigenvalue weighted by Gasteiger charge is 2.17. The summed E-state index contributed by atoms with van der Waals surface area (Å²) in [6.45, 7) is 3.15. The van der Waals surface area contributed by atoms with Crippen molar-refractivity contribution in [1.29, 1.82) is 0 Å². The Morgan fingerprint density at radius 2 is 1.71 bits per heavy atom. The molecule has 4 heteroatoms. The van der Waals surface area contributed by atoms with Crippen LogP contribution in [0.1, 0.15) is 38.2 Å². The second kappa shape index (κ2) is 10.1. The highest BCUT2D eigenvalue weighted by molar-refractivity contribution is 9.10. The van der Waals surface area contributed by atoms with E-state index in [1.807, 2.05) is 54.6 Å². The smallest absolute Gasteiger partial charge is 0.414 e. The highest BCUT2D eigenvalue weighted by Crippen LogP contribution is 2.20. The quantitative estimate of drug-likeness (QED) is 0.504. The van der Waals surface area contributed by atoms with Crippen molar-refractivity contribution in [2.75, 3.05) is 11.4 Å². The molecule has 0 radical (unpaired) electrons. The first-order chi connectivity index (χ1) is 11.7. The molecule has 0 atom stereocenters. The Morgan fingerprint density at radius 1 is 1.00 bits per heavy atom. The summed E-state index contributed by atoms with van der Waals surface area (Å²) in [5, 5.41) is 0. The molecule has 2 rings (SSSR count). The van der Waals surface area contributed by atoms with E-state index in [0.29, 0.717) is 13.2 Å². The molecule has 0 fully saturated rings. The highest BCUT2D eigenvalue weighted by atomic mass is 79.9. The molecule has 0 heterocycles. The van der Waals surface area contributed by atoms with Crippen LogP contribution in [0.4, 0.5) is 10.5 Å². The molecular formula is C20H24BrNO2. The van der Waals surface area contributed by atoms with E-state index in [4.69, 9.17) is 4.74 Å². The number of amides is 1. The largest absolute Gasteiger partial charge is 0.444 e. The van der Waals surface area contributed by atoms with Crippen LogP contribution in [0, 0.1) is 0 Å². The van der Waals surface area contributed by atoms with Crippen molar-refractivity contribution in [2.45, 2.75) is 39.2 Å². The summed E-state index contributed by atoms with van der Waals surface area (Å²) < 4.78 is 6.50. The number of rotatable bonds is 8. The van der Waals surface area contributed by atoms with E-state index in [0.717, 1.165) is 28.6 Å². The zero-order chi connectivity index (χ0) is 17.2. The molecule has 2 aromatic rings. The summed E-state index contributed by atoms with van der Waals surface area (Å²) in [6.07, 6.45) is 4.17. The number of carbonyl (C=O) groups excluding carboxylic acids is 1. The molecular weight excluding hydrogens is 366 g/mol. The number of nitrogens with zero attached hydrogens (tertiary/aromatic N) is 1. The summed E-state index contributed by atoms with van der Waals surface area (Å²) in [5.41, 5.74) is 1.86. The minimum atomic E-state index is -0.294. The molecule has 128 valence electrons. The van der Waals surface area contributed by atoms with Crippen molar-refractivity contribution in [3.8, 4) is 0 Å². The Bertz CT molecular complexity index is 613. The lowest BCUT2D eigenvalue weighted by atomic mass is 10.2. The normalized spacial score (nSPS) is 10.4. The van der Waals surface area contributed by atoms with Crippen molar-refractivity contribution in [3.63, 3.8) is 0 Å². The first-order valence-electron chi connectivity index (χ1n) is 8.44. The van der Waals surface area contributed by atoms with Crippen LogP contribution >= 0.6 is 15.9 Å². The van der Waals surface area contributed by atoms with Gasteiger partial charge in [-0.15, -0.1) is 0 Å². The van der Waals surface area contributed by atoms with Crippen molar-refractivity contribution in [3.05, 3.63) is 64.6 Å². The predicted octanol–water partition coefficient (Wildman–Crippen LogP) is 6.17. The molecule has 0 unspecified atom stereocenters. The van der Waals surface area contributed by atoms with Gasteiger partial charge in [0, 0.05) is 16.7 Å². The molecule has 0 aliphatic heterocycles. The summed E-state index contributed by atoms with van der Waals surface area (Å²) in [5.74, 6) is 0. The molecule has 0 N–H and O–H groups in total. The van der Waals surface area contributed by atoms with Gasteiger partial charge < -0.3 is 4.74 Å². The molecule has 24 heavy (non-hydrogen) atoms. The predicted molar refractivity (Wildman–Crippen MR) is 102 cm³/mol. The molecule has 2 aromatic carbocycles. The molecule has 0 aliphatic rings. The van der Waals surface area contributed by atoms with Crippen LogP contribution < -0.4 is 4.90 Å². The van der Waals surface area contributed by atoms with E-state index in [9.17, 15) is 4.79 Å². The Labute approximate surface area is 152 Å². The molecule has 0 saturated heterocycles. The SMILES string of the molecule is CCCCCCN(C(=O)OCc1ccccc1)c1ccc(Br)cc1. The van der Waals surface area contributed by atoms with E-state index in [-0.39, 0.29) is 6.09 Å². The molecule has 3 nitrogen and oxygen atoms in total. The zero-order valence-corrected chi connectivity index (χ0v) is 15.7. The molecule has 1 amide bonds. The number of hydrogen-bond acceptors (Lipinski definition) is 2. The van der Waals surface area contributed by atoms with Crippen LogP contribution in [0.3, 0.4) is 0 Å². The Kier molecular flexibility index (Phi) is 7.83. The number of benzene rings is 2. The second-order valence-corrected chi connectivity index (χ2v) is 6.64. The van der Waals surface area contributed by atoms with Crippen molar-refractivity contribution in [1.82, 2.24) is 0 Å². The number of hydrogen-bond donors (Lipinski definition) is 0. The number of halogens is 1. The summed E-state index contributed by atoms with van der Waals surface area (Å²) in [6, 6.07) is 17.5. The molecule has 0 bridgehead atoms. The van der Waals surface area contributed by atoms with Crippen LogP contribution in [0.15, 0.2) is 59.1 Å². The molecule has 0 saturated carbocycles. The van der Waals surface area contributed by atoms with Gasteiger partial charge in [0.05, 0.1) is 0 Å². The average Bonchev–Trinajstić information content (AvgIpc) is 2.62. The first-order valence-corrected chi connectivity index (χ1v) is 9.24. The number of carbonyl (C=O) groups is 1. The Balaban J connectivity index is 2.00. The molecule has 0 aromatic heterocycles. The van der Waals surface area contributed by atoms with Gasteiger partial charge in [-0.1, -0.05) is 72.4 Å².